The van der Waals surface area contributed by atoms with Crippen molar-refractivity contribution in [3.05, 3.63) is 0 Å². The van der Waals surface area contributed by atoms with Crippen LogP contribution in [0.25, 0.3) is 0 Å². The molecule has 0 saturated carbocycles. The molecule has 2 nitrogen and oxygen atoms in total. The fourth-order valence-corrected chi connectivity index (χ4v) is 0.939. The zero-order valence-electron chi connectivity index (χ0n) is 3.99. The molecule has 0 aromatic carbocycles. The van der Waals surface area contributed by atoms with Crippen LogP contribution >= 0.6 is 24.7 Å². The van der Waals surface area contributed by atoms with Crippen LogP contribution < -0.4 is 5.09 Å². The standard InChI is InChI=1S/C3H7BrNOP/c1-7-5-3(6)2-4/h7H,2H2,1H3,(H,5,6). The topological polar surface area (TPSA) is 29.1 Å². The Bertz CT molecular complexity index is 68.0. The number of halogens is 1. The summed E-state index contributed by atoms with van der Waals surface area (Å²) in [5.74, 6) is 0.0563. The van der Waals surface area contributed by atoms with E-state index in [1.54, 1.807) is 0 Å². The predicted octanol–water partition coefficient (Wildman–Crippen LogP) is 0.721. The molecule has 0 radical (unpaired) electrons. The van der Waals surface area contributed by atoms with Crippen LogP contribution in [0.2, 0.25) is 0 Å². The molecule has 1 N–H and O–H groups in total. The first kappa shape index (κ1) is 7.38. The summed E-state index contributed by atoms with van der Waals surface area (Å²) in [7, 11) is 0.515. The lowest BCUT2D eigenvalue weighted by atomic mass is 10.8. The highest BCUT2D eigenvalue weighted by molar-refractivity contribution is 9.09. The van der Waals surface area contributed by atoms with Gasteiger partial charge in [-0.3, -0.25) is 4.79 Å². The lowest BCUT2D eigenvalue weighted by Gasteiger charge is -1.92. The largest absolute Gasteiger partial charge is 0.338 e. The zero-order valence-corrected chi connectivity index (χ0v) is 6.58. The minimum absolute atomic E-state index is 0.0563. The van der Waals surface area contributed by atoms with Gasteiger partial charge in [-0.2, -0.15) is 0 Å². The summed E-state index contributed by atoms with van der Waals surface area (Å²) in [6.07, 6.45) is 0. The van der Waals surface area contributed by atoms with E-state index in [0.29, 0.717) is 14.1 Å². The molecule has 0 aromatic rings. The molecule has 0 fully saturated rings. The number of carbonyl (C=O) groups excluding carboxylic acids is 1. The molecule has 4 heteroatoms. The number of rotatable bonds is 2. The lowest BCUT2D eigenvalue weighted by Crippen LogP contribution is -2.13. The number of nitrogens with one attached hydrogen (secondary N) is 1. The first-order chi connectivity index (χ1) is 3.31. The second-order valence-corrected chi connectivity index (χ2v) is 2.24. The summed E-state index contributed by atoms with van der Waals surface area (Å²) < 4.78 is 0. The van der Waals surface area contributed by atoms with Crippen LogP contribution in [0.15, 0.2) is 0 Å². The van der Waals surface area contributed by atoms with Crippen molar-refractivity contribution in [2.24, 2.45) is 0 Å². The third-order valence-electron chi connectivity index (χ3n) is 0.386. The fourth-order valence-electron chi connectivity index (χ4n) is 0.173. The van der Waals surface area contributed by atoms with E-state index < -0.39 is 0 Å². The van der Waals surface area contributed by atoms with E-state index >= 15 is 0 Å². The van der Waals surface area contributed by atoms with Crippen LogP contribution in [0.4, 0.5) is 0 Å². The van der Waals surface area contributed by atoms with E-state index in [1.165, 1.54) is 0 Å². The highest BCUT2D eigenvalue weighted by atomic mass is 79.9. The van der Waals surface area contributed by atoms with Gasteiger partial charge in [0.2, 0.25) is 5.91 Å². The SMILES string of the molecule is CPNC(=O)CBr. The Balaban J connectivity index is 3.00. The van der Waals surface area contributed by atoms with Gasteiger partial charge >= 0.3 is 0 Å². The average molecular weight is 184 g/mol. The van der Waals surface area contributed by atoms with E-state index in [1.807, 2.05) is 6.66 Å². The third-order valence-corrected chi connectivity index (χ3v) is 1.42. The highest BCUT2D eigenvalue weighted by Gasteiger charge is 1.89. The van der Waals surface area contributed by atoms with Crippen molar-refractivity contribution in [1.29, 1.82) is 0 Å². The van der Waals surface area contributed by atoms with Crippen LogP contribution in [0.1, 0.15) is 0 Å². The summed E-state index contributed by atoms with van der Waals surface area (Å²) in [5.41, 5.74) is 0. The van der Waals surface area contributed by atoms with Gasteiger partial charge < -0.3 is 5.09 Å². The number of alkyl halides is 1. The van der Waals surface area contributed by atoms with E-state index in [2.05, 4.69) is 21.0 Å². The van der Waals surface area contributed by atoms with Gasteiger partial charge in [-0.15, -0.1) is 0 Å². The Kier molecular flexibility index (Phi) is 4.78. The Morgan fingerprint density at radius 2 is 2.57 bits per heavy atom. The number of amides is 1. The zero-order chi connectivity index (χ0) is 5.70. The Labute approximate surface area is 53.0 Å². The summed E-state index contributed by atoms with van der Waals surface area (Å²) in [5, 5.41) is 3.05. The van der Waals surface area contributed by atoms with Gasteiger partial charge in [0.1, 0.15) is 0 Å². The van der Waals surface area contributed by atoms with Crippen LogP contribution in [0, 0.1) is 0 Å². The Morgan fingerprint density at radius 3 is 2.71 bits per heavy atom. The van der Waals surface area contributed by atoms with Gasteiger partial charge in [0.05, 0.1) is 5.33 Å². The van der Waals surface area contributed by atoms with Crippen molar-refractivity contribution < 1.29 is 4.79 Å². The van der Waals surface area contributed by atoms with Crippen molar-refractivity contribution in [2.45, 2.75) is 0 Å². The second kappa shape index (κ2) is 4.54. The van der Waals surface area contributed by atoms with E-state index in [-0.39, 0.29) is 5.91 Å². The molecule has 0 aromatic heterocycles. The van der Waals surface area contributed by atoms with Crippen LogP contribution in [-0.4, -0.2) is 17.9 Å². The molecule has 0 aliphatic carbocycles. The minimum atomic E-state index is 0.0563. The number of hydrogen-bond acceptors (Lipinski definition) is 1. The van der Waals surface area contributed by atoms with Gasteiger partial charge in [-0.25, -0.2) is 0 Å². The molecule has 1 atom stereocenters. The molecule has 1 amide bonds. The fraction of sp³-hybridized carbons (Fsp3) is 0.667. The maximum atomic E-state index is 10.3. The Hall–Kier alpha value is 0.380. The van der Waals surface area contributed by atoms with Gasteiger partial charge in [-0.1, -0.05) is 15.9 Å². The Morgan fingerprint density at radius 1 is 2.00 bits per heavy atom. The highest BCUT2D eigenvalue weighted by Crippen LogP contribution is 1.92. The van der Waals surface area contributed by atoms with Gasteiger partial charge in [0, 0.05) is 0 Å². The van der Waals surface area contributed by atoms with Crippen molar-refractivity contribution in [3.8, 4) is 0 Å². The molecule has 0 spiro atoms. The van der Waals surface area contributed by atoms with Crippen LogP contribution in [0.3, 0.4) is 0 Å². The quantitative estimate of drug-likeness (QED) is 0.497. The average Bonchev–Trinajstić information content (AvgIpc) is 1.68. The summed E-state index contributed by atoms with van der Waals surface area (Å²) >= 11 is 3.01. The number of carbonyl (C=O) groups is 1. The van der Waals surface area contributed by atoms with Crippen molar-refractivity contribution in [1.82, 2.24) is 5.09 Å². The molecule has 42 valence electrons. The summed E-state index contributed by atoms with van der Waals surface area (Å²) in [6, 6.07) is 0. The third kappa shape index (κ3) is 4.23. The molecule has 0 rings (SSSR count). The monoisotopic (exact) mass is 183 g/mol. The van der Waals surface area contributed by atoms with Crippen LogP contribution in [0.5, 0.6) is 0 Å². The lowest BCUT2D eigenvalue weighted by molar-refractivity contribution is -0.116. The second-order valence-electron chi connectivity index (χ2n) is 0.932. The first-order valence-corrected chi connectivity index (χ1v) is 4.45. The van der Waals surface area contributed by atoms with Crippen molar-refractivity contribution in [3.63, 3.8) is 0 Å². The normalized spacial score (nSPS) is 10.0. The molecule has 0 aliphatic heterocycles. The molecule has 1 unspecified atom stereocenters. The molecule has 0 heterocycles. The summed E-state index contributed by atoms with van der Waals surface area (Å²) in [4.78, 5) is 10.3. The summed E-state index contributed by atoms with van der Waals surface area (Å²) in [6.45, 7) is 1.92. The molecule has 0 bridgehead atoms. The van der Waals surface area contributed by atoms with E-state index in [0.717, 1.165) is 0 Å². The van der Waals surface area contributed by atoms with E-state index in [4.69, 9.17) is 0 Å². The molecule has 0 saturated heterocycles. The van der Waals surface area contributed by atoms with Gasteiger partial charge in [-0.05, 0) is 15.4 Å². The maximum absolute atomic E-state index is 10.3. The first-order valence-electron chi connectivity index (χ1n) is 1.82. The molecule has 0 aliphatic rings. The molecule has 7 heavy (non-hydrogen) atoms. The van der Waals surface area contributed by atoms with Gasteiger partial charge in [0.15, 0.2) is 0 Å². The van der Waals surface area contributed by atoms with E-state index in [9.17, 15) is 4.79 Å². The van der Waals surface area contributed by atoms with Crippen molar-refractivity contribution in [2.75, 3.05) is 12.0 Å². The minimum Gasteiger partial charge on any atom is -0.338 e. The van der Waals surface area contributed by atoms with Gasteiger partial charge in [0.25, 0.3) is 0 Å². The smallest absolute Gasteiger partial charge is 0.233 e. The molecular weight excluding hydrogens is 177 g/mol. The maximum Gasteiger partial charge on any atom is 0.233 e. The van der Waals surface area contributed by atoms with Crippen LogP contribution in [-0.2, 0) is 4.79 Å². The van der Waals surface area contributed by atoms with Crippen molar-refractivity contribution >= 4 is 30.6 Å². The molecular formula is C3H7BrNOP. The number of hydrogen-bond donors (Lipinski definition) is 1. The predicted molar refractivity (Wildman–Crippen MR) is 36.2 cm³/mol.